The molecule has 0 aliphatic rings. The largest absolute Gasteiger partial charge is 0.465 e. The third-order valence-electron chi connectivity index (χ3n) is 5.44. The maximum atomic E-state index is 12.3. The van der Waals surface area contributed by atoms with Gasteiger partial charge in [-0.15, -0.1) is 0 Å². The van der Waals surface area contributed by atoms with Crippen molar-refractivity contribution in [1.29, 1.82) is 0 Å². The number of rotatable bonds is 2. The summed E-state index contributed by atoms with van der Waals surface area (Å²) in [5.41, 5.74) is 2.22. The number of fused-ring (bicyclic) bond motifs is 6. The van der Waals surface area contributed by atoms with Crippen molar-refractivity contribution >= 4 is 49.9 Å². The molecule has 0 aromatic heterocycles. The molecule has 29 heavy (non-hydrogen) atoms. The second kappa shape index (κ2) is 6.91. The first-order valence-corrected chi connectivity index (χ1v) is 9.76. The fourth-order valence-electron chi connectivity index (χ4n) is 4.12. The van der Waals surface area contributed by atoms with Crippen molar-refractivity contribution in [2.24, 2.45) is 0 Å². The van der Waals surface area contributed by atoms with E-state index in [-0.39, 0.29) is 0 Å². The fraction of sp³-hybridized carbons (Fsp3) is 0.0385. The Morgan fingerprint density at radius 1 is 0.690 bits per heavy atom. The van der Waals surface area contributed by atoms with Crippen LogP contribution in [0.4, 0.5) is 0 Å². The smallest absolute Gasteiger partial charge is 0.338 e. The Balaban J connectivity index is 1.87. The van der Waals surface area contributed by atoms with E-state index in [4.69, 9.17) is 16.3 Å². The van der Waals surface area contributed by atoms with Crippen LogP contribution in [0, 0.1) is 0 Å². The molecule has 0 atom stereocenters. The molecule has 0 amide bonds. The highest BCUT2D eigenvalue weighted by atomic mass is 35.5. The number of ether oxygens (including phenoxy) is 1. The van der Waals surface area contributed by atoms with Gasteiger partial charge in [-0.25, -0.2) is 4.79 Å². The van der Waals surface area contributed by atoms with Crippen molar-refractivity contribution in [3.63, 3.8) is 0 Å². The van der Waals surface area contributed by atoms with E-state index in [1.54, 1.807) is 12.1 Å². The summed E-state index contributed by atoms with van der Waals surface area (Å²) in [5, 5.41) is 7.72. The Bertz CT molecular complexity index is 1380. The molecule has 0 heterocycles. The van der Waals surface area contributed by atoms with Crippen LogP contribution in [0.3, 0.4) is 0 Å². The summed E-state index contributed by atoms with van der Waals surface area (Å²) in [4.78, 5) is 12.3. The van der Waals surface area contributed by atoms with Crippen LogP contribution >= 0.6 is 11.6 Å². The number of esters is 1. The monoisotopic (exact) mass is 396 g/mol. The number of carbonyl (C=O) groups excluding carboxylic acids is 1. The van der Waals surface area contributed by atoms with Crippen LogP contribution in [0.5, 0.6) is 0 Å². The lowest BCUT2D eigenvalue weighted by Crippen LogP contribution is -2.03. The second-order valence-electron chi connectivity index (χ2n) is 7.03. The van der Waals surface area contributed by atoms with E-state index in [1.807, 2.05) is 6.07 Å². The predicted octanol–water partition coefficient (Wildman–Crippen LogP) is 7.25. The van der Waals surface area contributed by atoms with Crippen LogP contribution in [-0.2, 0) is 4.74 Å². The van der Waals surface area contributed by atoms with E-state index in [9.17, 15) is 4.79 Å². The maximum absolute atomic E-state index is 12.3. The molecule has 0 saturated carbocycles. The molecule has 0 aliphatic heterocycles. The van der Waals surface area contributed by atoms with E-state index < -0.39 is 5.97 Å². The van der Waals surface area contributed by atoms with Crippen LogP contribution in [-0.4, -0.2) is 13.1 Å². The van der Waals surface area contributed by atoms with Crippen molar-refractivity contribution in [3.05, 3.63) is 95.5 Å². The Morgan fingerprint density at radius 2 is 1.24 bits per heavy atom. The van der Waals surface area contributed by atoms with Gasteiger partial charge in [-0.3, -0.25) is 0 Å². The molecule has 0 spiro atoms. The van der Waals surface area contributed by atoms with Gasteiger partial charge in [0.25, 0.3) is 0 Å². The predicted molar refractivity (Wildman–Crippen MR) is 121 cm³/mol. The first-order valence-electron chi connectivity index (χ1n) is 9.39. The molecule has 0 N–H and O–H groups in total. The summed E-state index contributed by atoms with van der Waals surface area (Å²) >= 11 is 6.14. The standard InChI is InChI=1S/C26H17ClO2/c1-29-26(28)25-15-17(27)11-13-18(25)16-10-12-23-21-8-3-2-6-19(21)20-7-4-5-9-22(20)24(23)14-16/h2-15H,1H3. The van der Waals surface area contributed by atoms with Crippen LogP contribution < -0.4 is 0 Å². The molecule has 140 valence electrons. The summed E-state index contributed by atoms with van der Waals surface area (Å²) < 4.78 is 4.97. The van der Waals surface area contributed by atoms with Gasteiger partial charge in [0.1, 0.15) is 0 Å². The lowest BCUT2D eigenvalue weighted by Gasteiger charge is -2.13. The van der Waals surface area contributed by atoms with Gasteiger partial charge < -0.3 is 4.74 Å². The highest BCUT2D eigenvalue weighted by Crippen LogP contribution is 2.37. The average Bonchev–Trinajstić information content (AvgIpc) is 2.78. The average molecular weight is 397 g/mol. The molecule has 0 bridgehead atoms. The minimum atomic E-state index is -0.397. The first kappa shape index (κ1) is 17.7. The van der Waals surface area contributed by atoms with E-state index in [1.165, 1.54) is 34.0 Å². The molecule has 0 radical (unpaired) electrons. The van der Waals surface area contributed by atoms with Gasteiger partial charge in [0.2, 0.25) is 0 Å². The lowest BCUT2D eigenvalue weighted by molar-refractivity contribution is 0.0601. The molecule has 0 aliphatic carbocycles. The van der Waals surface area contributed by atoms with Gasteiger partial charge in [0, 0.05) is 5.02 Å². The van der Waals surface area contributed by atoms with Crippen molar-refractivity contribution < 1.29 is 9.53 Å². The van der Waals surface area contributed by atoms with Crippen molar-refractivity contribution in [2.75, 3.05) is 7.11 Å². The molecule has 0 fully saturated rings. The highest BCUT2D eigenvalue weighted by Gasteiger charge is 2.15. The van der Waals surface area contributed by atoms with Gasteiger partial charge in [-0.1, -0.05) is 78.3 Å². The number of hydrogen-bond donors (Lipinski definition) is 0. The molecule has 0 saturated heterocycles. The summed E-state index contributed by atoms with van der Waals surface area (Å²) in [6, 6.07) is 28.6. The molecule has 5 rings (SSSR count). The number of halogens is 1. The molecule has 5 aromatic rings. The molecule has 3 heteroatoms. The quantitative estimate of drug-likeness (QED) is 0.232. The third-order valence-corrected chi connectivity index (χ3v) is 5.68. The van der Waals surface area contributed by atoms with E-state index in [0.29, 0.717) is 10.6 Å². The van der Waals surface area contributed by atoms with Crippen molar-refractivity contribution in [2.45, 2.75) is 0 Å². The molecule has 0 unspecified atom stereocenters. The fourth-order valence-corrected chi connectivity index (χ4v) is 4.29. The summed E-state index contributed by atoms with van der Waals surface area (Å²) in [7, 11) is 1.38. The minimum absolute atomic E-state index is 0.397. The zero-order chi connectivity index (χ0) is 20.0. The van der Waals surface area contributed by atoms with Crippen LogP contribution in [0.1, 0.15) is 10.4 Å². The summed E-state index contributed by atoms with van der Waals surface area (Å²) in [6.07, 6.45) is 0. The van der Waals surface area contributed by atoms with Gasteiger partial charge in [-0.05, 0) is 61.6 Å². The Hall–Kier alpha value is -3.36. The molecule has 2 nitrogen and oxygen atoms in total. The highest BCUT2D eigenvalue weighted by molar-refractivity contribution is 6.31. The minimum Gasteiger partial charge on any atom is -0.465 e. The van der Waals surface area contributed by atoms with Gasteiger partial charge in [-0.2, -0.15) is 0 Å². The van der Waals surface area contributed by atoms with E-state index in [2.05, 4.69) is 66.7 Å². The number of benzene rings is 5. The zero-order valence-electron chi connectivity index (χ0n) is 15.8. The van der Waals surface area contributed by atoms with Crippen LogP contribution in [0.25, 0.3) is 43.4 Å². The summed E-state index contributed by atoms with van der Waals surface area (Å²) in [6.45, 7) is 0. The lowest BCUT2D eigenvalue weighted by atomic mass is 9.91. The van der Waals surface area contributed by atoms with E-state index in [0.717, 1.165) is 16.5 Å². The van der Waals surface area contributed by atoms with E-state index >= 15 is 0 Å². The molecule has 5 aromatic carbocycles. The first-order chi connectivity index (χ1) is 14.2. The van der Waals surface area contributed by atoms with Crippen LogP contribution in [0.2, 0.25) is 5.02 Å². The SMILES string of the molecule is COC(=O)c1cc(Cl)ccc1-c1ccc2c3ccccc3c3ccccc3c2c1. The summed E-state index contributed by atoms with van der Waals surface area (Å²) in [5.74, 6) is -0.397. The normalized spacial score (nSPS) is 11.2. The topological polar surface area (TPSA) is 26.3 Å². The number of methoxy groups -OCH3 is 1. The molecular formula is C26H17ClO2. The number of hydrogen-bond acceptors (Lipinski definition) is 2. The Labute approximate surface area is 173 Å². The maximum Gasteiger partial charge on any atom is 0.338 e. The van der Waals surface area contributed by atoms with Gasteiger partial charge in [0.15, 0.2) is 0 Å². The number of carbonyl (C=O) groups is 1. The Morgan fingerprint density at radius 3 is 1.83 bits per heavy atom. The molecular weight excluding hydrogens is 380 g/mol. The van der Waals surface area contributed by atoms with Gasteiger partial charge >= 0.3 is 5.97 Å². The van der Waals surface area contributed by atoms with Crippen LogP contribution in [0.15, 0.2) is 84.9 Å². The zero-order valence-corrected chi connectivity index (χ0v) is 16.5. The second-order valence-corrected chi connectivity index (χ2v) is 7.47. The van der Waals surface area contributed by atoms with Crippen molar-refractivity contribution in [1.82, 2.24) is 0 Å². The van der Waals surface area contributed by atoms with Crippen molar-refractivity contribution in [3.8, 4) is 11.1 Å². The third kappa shape index (κ3) is 2.84. The Kier molecular flexibility index (Phi) is 4.22. The van der Waals surface area contributed by atoms with Gasteiger partial charge in [0.05, 0.1) is 12.7 Å².